The van der Waals surface area contributed by atoms with Gasteiger partial charge in [-0.15, -0.1) is 22.7 Å². The number of benzene rings is 1. The van der Waals surface area contributed by atoms with Crippen LogP contribution in [0.5, 0.6) is 0 Å². The molecule has 0 aliphatic carbocycles. The predicted molar refractivity (Wildman–Crippen MR) is 82.4 cm³/mol. The van der Waals surface area contributed by atoms with Crippen LogP contribution in [0.15, 0.2) is 29.6 Å². The van der Waals surface area contributed by atoms with Crippen LogP contribution in [0.4, 0.5) is 18.2 Å². The monoisotopic (exact) mass is 342 g/mol. The summed E-state index contributed by atoms with van der Waals surface area (Å²) in [5, 5.41) is 4.40. The molecule has 0 saturated heterocycles. The number of rotatable bonds is 2. The highest BCUT2D eigenvalue weighted by molar-refractivity contribution is 7.22. The predicted octanol–water partition coefficient (Wildman–Crippen LogP) is 4.83. The Morgan fingerprint density at radius 3 is 2.68 bits per heavy atom. The van der Waals surface area contributed by atoms with Crippen molar-refractivity contribution in [1.29, 1.82) is 0 Å². The van der Waals surface area contributed by atoms with Gasteiger partial charge in [0.2, 0.25) is 0 Å². The van der Waals surface area contributed by atoms with Gasteiger partial charge in [0, 0.05) is 5.56 Å². The molecule has 0 bridgehead atoms. The highest BCUT2D eigenvalue weighted by Crippen LogP contribution is 2.41. The average molecular weight is 342 g/mol. The second-order valence-corrected chi connectivity index (χ2v) is 6.47. The molecule has 0 fully saturated rings. The zero-order valence-electron chi connectivity index (χ0n) is 11.2. The standard InChI is InChI=1S/C14H9F3N2OS2/c1-7-6-21-11(19-13(20)14(15,16)17)10(7)12-18-8-4-2-3-5-9(8)22-12/h2-6H,1H3,(H,19,20). The van der Waals surface area contributed by atoms with Gasteiger partial charge in [0.25, 0.3) is 0 Å². The van der Waals surface area contributed by atoms with Crippen molar-refractivity contribution in [3.63, 3.8) is 0 Å². The maximum absolute atomic E-state index is 12.4. The number of hydrogen-bond acceptors (Lipinski definition) is 4. The normalized spacial score (nSPS) is 11.8. The Labute approximate surface area is 131 Å². The molecule has 8 heteroatoms. The summed E-state index contributed by atoms with van der Waals surface area (Å²) in [6, 6.07) is 7.45. The van der Waals surface area contributed by atoms with Gasteiger partial charge in [-0.1, -0.05) is 12.1 Å². The molecule has 0 atom stereocenters. The summed E-state index contributed by atoms with van der Waals surface area (Å²) >= 11 is 2.44. The highest BCUT2D eigenvalue weighted by atomic mass is 32.1. The Morgan fingerprint density at radius 1 is 1.27 bits per heavy atom. The van der Waals surface area contributed by atoms with Crippen molar-refractivity contribution in [2.24, 2.45) is 0 Å². The molecule has 1 aromatic carbocycles. The van der Waals surface area contributed by atoms with Gasteiger partial charge in [0.1, 0.15) is 10.0 Å². The number of nitrogens with zero attached hydrogens (tertiary/aromatic N) is 1. The van der Waals surface area contributed by atoms with Crippen LogP contribution in [-0.2, 0) is 4.79 Å². The summed E-state index contributed by atoms with van der Waals surface area (Å²) < 4.78 is 38.2. The van der Waals surface area contributed by atoms with E-state index in [4.69, 9.17) is 0 Å². The van der Waals surface area contributed by atoms with Crippen LogP contribution >= 0.6 is 22.7 Å². The molecule has 1 N–H and O–H groups in total. The van der Waals surface area contributed by atoms with Gasteiger partial charge in [0.15, 0.2) is 0 Å². The molecule has 0 saturated carbocycles. The maximum Gasteiger partial charge on any atom is 0.471 e. The van der Waals surface area contributed by atoms with Crippen molar-refractivity contribution in [2.75, 3.05) is 5.32 Å². The van der Waals surface area contributed by atoms with Crippen LogP contribution in [0.25, 0.3) is 20.8 Å². The molecule has 22 heavy (non-hydrogen) atoms. The number of thiazole rings is 1. The van der Waals surface area contributed by atoms with E-state index >= 15 is 0 Å². The Kier molecular flexibility index (Phi) is 3.65. The fraction of sp³-hybridized carbons (Fsp3) is 0.143. The number of thiophene rings is 1. The number of alkyl halides is 3. The number of hydrogen-bond donors (Lipinski definition) is 1. The van der Waals surface area contributed by atoms with Gasteiger partial charge in [-0.2, -0.15) is 13.2 Å². The molecule has 3 rings (SSSR count). The smallest absolute Gasteiger partial charge is 0.309 e. The molecule has 0 unspecified atom stereocenters. The van der Waals surface area contributed by atoms with Gasteiger partial charge in [-0.05, 0) is 30.0 Å². The van der Waals surface area contributed by atoms with Gasteiger partial charge in [0.05, 0.1) is 10.2 Å². The summed E-state index contributed by atoms with van der Waals surface area (Å²) in [5.41, 5.74) is 2.10. The number of amides is 1. The van der Waals surface area contributed by atoms with E-state index in [0.717, 1.165) is 27.1 Å². The number of anilines is 1. The largest absolute Gasteiger partial charge is 0.471 e. The van der Waals surface area contributed by atoms with Gasteiger partial charge in [-0.25, -0.2) is 4.98 Å². The Hall–Kier alpha value is -1.93. The van der Waals surface area contributed by atoms with Crippen molar-refractivity contribution in [3.05, 3.63) is 35.2 Å². The molecule has 2 aromatic heterocycles. The molecule has 114 valence electrons. The molecule has 0 spiro atoms. The van der Waals surface area contributed by atoms with Crippen LogP contribution in [0.3, 0.4) is 0 Å². The molecule has 0 radical (unpaired) electrons. The van der Waals surface area contributed by atoms with Crippen LogP contribution in [0.2, 0.25) is 0 Å². The first-order valence-electron chi connectivity index (χ1n) is 6.18. The SMILES string of the molecule is Cc1csc(NC(=O)C(F)(F)F)c1-c1nc2ccccc2s1. The highest BCUT2D eigenvalue weighted by Gasteiger charge is 2.39. The van der Waals surface area contributed by atoms with Gasteiger partial charge < -0.3 is 5.32 Å². The molecule has 0 aliphatic heterocycles. The number of carbonyl (C=O) groups is 1. The summed E-state index contributed by atoms with van der Waals surface area (Å²) in [4.78, 5) is 15.6. The Bertz CT molecular complexity index is 818. The van der Waals surface area contributed by atoms with E-state index < -0.39 is 12.1 Å². The fourth-order valence-corrected chi connectivity index (χ4v) is 4.04. The van der Waals surface area contributed by atoms with E-state index in [9.17, 15) is 18.0 Å². The molecule has 2 heterocycles. The number of fused-ring (bicyclic) bond motifs is 1. The molecule has 0 aliphatic rings. The lowest BCUT2D eigenvalue weighted by Gasteiger charge is -2.07. The number of nitrogens with one attached hydrogen (secondary N) is 1. The lowest BCUT2D eigenvalue weighted by atomic mass is 10.2. The summed E-state index contributed by atoms with van der Waals surface area (Å²) in [6.45, 7) is 1.78. The van der Waals surface area contributed by atoms with E-state index in [0.29, 0.717) is 10.6 Å². The minimum Gasteiger partial charge on any atom is -0.309 e. The number of halogens is 3. The Morgan fingerprint density at radius 2 is 2.00 bits per heavy atom. The average Bonchev–Trinajstić information content (AvgIpc) is 3.01. The second kappa shape index (κ2) is 5.36. The minimum absolute atomic E-state index is 0.166. The number of aryl methyl sites for hydroxylation is 1. The lowest BCUT2D eigenvalue weighted by Crippen LogP contribution is -2.29. The van der Waals surface area contributed by atoms with Crippen molar-refractivity contribution in [3.8, 4) is 10.6 Å². The summed E-state index contributed by atoms with van der Waals surface area (Å²) in [6.07, 6.45) is -4.91. The van der Waals surface area contributed by atoms with Crippen molar-refractivity contribution < 1.29 is 18.0 Å². The van der Waals surface area contributed by atoms with Crippen molar-refractivity contribution in [2.45, 2.75) is 13.1 Å². The molecular formula is C14H9F3N2OS2. The minimum atomic E-state index is -4.91. The molecule has 3 aromatic rings. The van der Waals surface area contributed by atoms with Crippen molar-refractivity contribution >= 4 is 43.8 Å². The third-order valence-corrected chi connectivity index (χ3v) is 5.03. The fourth-order valence-electron chi connectivity index (χ4n) is 1.96. The van der Waals surface area contributed by atoms with E-state index in [2.05, 4.69) is 4.98 Å². The third-order valence-electron chi connectivity index (χ3n) is 2.97. The molecular weight excluding hydrogens is 333 g/mol. The van der Waals surface area contributed by atoms with Crippen molar-refractivity contribution in [1.82, 2.24) is 4.98 Å². The first kappa shape index (κ1) is 15.0. The molecule has 3 nitrogen and oxygen atoms in total. The van der Waals surface area contributed by atoms with Crippen LogP contribution in [0, 0.1) is 6.92 Å². The maximum atomic E-state index is 12.4. The topological polar surface area (TPSA) is 42.0 Å². The first-order valence-corrected chi connectivity index (χ1v) is 7.88. The second-order valence-electron chi connectivity index (χ2n) is 4.56. The van der Waals surface area contributed by atoms with E-state index in [1.807, 2.05) is 29.6 Å². The van der Waals surface area contributed by atoms with Crippen LogP contribution in [-0.4, -0.2) is 17.1 Å². The molecule has 1 amide bonds. The lowest BCUT2D eigenvalue weighted by molar-refractivity contribution is -0.167. The number of aromatic nitrogens is 1. The number of carbonyl (C=O) groups excluding carboxylic acids is 1. The quantitative estimate of drug-likeness (QED) is 0.724. The van der Waals surface area contributed by atoms with E-state index in [-0.39, 0.29) is 5.00 Å². The van der Waals surface area contributed by atoms with Crippen LogP contribution in [0.1, 0.15) is 5.56 Å². The van der Waals surface area contributed by atoms with Gasteiger partial charge >= 0.3 is 12.1 Å². The number of para-hydroxylation sites is 1. The zero-order valence-corrected chi connectivity index (χ0v) is 12.8. The third kappa shape index (κ3) is 2.71. The first-order chi connectivity index (χ1) is 10.4. The van der Waals surface area contributed by atoms with Gasteiger partial charge in [-0.3, -0.25) is 4.79 Å². The summed E-state index contributed by atoms with van der Waals surface area (Å²) in [7, 11) is 0. The summed E-state index contributed by atoms with van der Waals surface area (Å²) in [5.74, 6) is -1.98. The van der Waals surface area contributed by atoms with Crippen LogP contribution < -0.4 is 5.32 Å². The zero-order chi connectivity index (χ0) is 15.9. The van der Waals surface area contributed by atoms with E-state index in [1.165, 1.54) is 11.3 Å². The van der Waals surface area contributed by atoms with E-state index in [1.54, 1.807) is 12.3 Å². The Balaban J connectivity index is 2.04.